The number of nitrogens with zero attached hydrogens (tertiary/aromatic N) is 1. The molecule has 14 heavy (non-hydrogen) atoms. The lowest BCUT2D eigenvalue weighted by atomic mass is 9.89. The number of nitrogens with two attached hydrogens (primary N) is 1. The van der Waals surface area contributed by atoms with Gasteiger partial charge in [0.15, 0.2) is 6.21 Å². The Morgan fingerprint density at radius 1 is 1.64 bits per heavy atom. The monoisotopic (exact) mass is 198 g/mol. The quantitative estimate of drug-likeness (QED) is 0.409. The van der Waals surface area contributed by atoms with Gasteiger partial charge in [-0.1, -0.05) is 19.8 Å². The predicted octanol–water partition coefficient (Wildman–Crippen LogP) is 1.17. The van der Waals surface area contributed by atoms with E-state index >= 15 is 0 Å². The molecule has 0 spiro atoms. The van der Waals surface area contributed by atoms with Gasteiger partial charge in [0.05, 0.1) is 0 Å². The molecule has 1 aliphatic heterocycles. The summed E-state index contributed by atoms with van der Waals surface area (Å²) in [5, 5.41) is 11.5. The molecule has 0 saturated carbocycles. The third-order valence-corrected chi connectivity index (χ3v) is 2.93. The topological polar surface area (TPSA) is 69.2 Å². The van der Waals surface area contributed by atoms with Crippen molar-refractivity contribution < 1.29 is 9.53 Å². The molecule has 1 heterocycles. The van der Waals surface area contributed by atoms with Crippen LogP contribution in [0.4, 0.5) is 0 Å². The van der Waals surface area contributed by atoms with Gasteiger partial charge in [-0.05, 0) is 6.42 Å². The Morgan fingerprint density at radius 3 is 2.79 bits per heavy atom. The fraction of sp³-hybridized carbons (Fsp3) is 0.800. The largest absolute Gasteiger partial charge is 0.623 e. The summed E-state index contributed by atoms with van der Waals surface area (Å²) >= 11 is 0. The van der Waals surface area contributed by atoms with Crippen molar-refractivity contribution in [2.75, 3.05) is 0 Å². The molecule has 80 valence electrons. The molecule has 4 heteroatoms. The Labute approximate surface area is 84.4 Å². The number of hydrogen-bond acceptors (Lipinski definition) is 2. The Morgan fingerprint density at radius 2 is 2.36 bits per heavy atom. The van der Waals surface area contributed by atoms with Crippen LogP contribution in [0.1, 0.15) is 45.4 Å². The van der Waals surface area contributed by atoms with Gasteiger partial charge in [-0.2, -0.15) is 0 Å². The summed E-state index contributed by atoms with van der Waals surface area (Å²) in [5.74, 6) is -0.475. The number of carbonyl (C=O) groups is 1. The van der Waals surface area contributed by atoms with Crippen LogP contribution < -0.4 is 5.73 Å². The zero-order chi connectivity index (χ0) is 10.6. The average Bonchev–Trinajstić information content (AvgIpc) is 2.49. The van der Waals surface area contributed by atoms with Crippen molar-refractivity contribution in [3.63, 3.8) is 0 Å². The van der Waals surface area contributed by atoms with E-state index in [-0.39, 0.29) is 0 Å². The minimum atomic E-state index is -0.935. The SMILES string of the molecule is CCCCCC1(C(N)=O)CCC=[N+]1[O-]. The molecule has 4 nitrogen and oxygen atoms in total. The summed E-state index contributed by atoms with van der Waals surface area (Å²) in [6.07, 6.45) is 6.38. The van der Waals surface area contributed by atoms with E-state index in [1.165, 1.54) is 6.21 Å². The lowest BCUT2D eigenvalue weighted by Gasteiger charge is -2.24. The van der Waals surface area contributed by atoms with Crippen molar-refractivity contribution in [1.29, 1.82) is 0 Å². The van der Waals surface area contributed by atoms with Crippen molar-refractivity contribution in [1.82, 2.24) is 0 Å². The van der Waals surface area contributed by atoms with Crippen LogP contribution in [0.2, 0.25) is 0 Å². The second-order valence-corrected chi connectivity index (χ2v) is 3.90. The van der Waals surface area contributed by atoms with Crippen LogP contribution in [0, 0.1) is 5.21 Å². The molecule has 0 radical (unpaired) electrons. The molecule has 1 unspecified atom stereocenters. The molecule has 0 saturated heterocycles. The zero-order valence-corrected chi connectivity index (χ0v) is 8.66. The van der Waals surface area contributed by atoms with Crippen molar-refractivity contribution >= 4 is 12.1 Å². The van der Waals surface area contributed by atoms with Crippen LogP contribution in [-0.4, -0.2) is 22.4 Å². The highest BCUT2D eigenvalue weighted by atomic mass is 16.5. The smallest absolute Gasteiger partial charge is 0.290 e. The summed E-state index contributed by atoms with van der Waals surface area (Å²) in [5.41, 5.74) is 4.37. The van der Waals surface area contributed by atoms with Gasteiger partial charge in [0.1, 0.15) is 0 Å². The van der Waals surface area contributed by atoms with Crippen LogP contribution in [0.15, 0.2) is 0 Å². The van der Waals surface area contributed by atoms with E-state index in [0.717, 1.165) is 24.0 Å². The van der Waals surface area contributed by atoms with Gasteiger partial charge in [0, 0.05) is 19.3 Å². The van der Waals surface area contributed by atoms with Gasteiger partial charge < -0.3 is 10.9 Å². The highest BCUT2D eigenvalue weighted by Crippen LogP contribution is 2.27. The number of primary amides is 1. The molecule has 0 fully saturated rings. The fourth-order valence-corrected chi connectivity index (χ4v) is 1.96. The molecule has 1 aliphatic rings. The van der Waals surface area contributed by atoms with Crippen molar-refractivity contribution in [3.05, 3.63) is 5.21 Å². The van der Waals surface area contributed by atoms with Crippen molar-refractivity contribution in [3.8, 4) is 0 Å². The molecule has 0 aliphatic carbocycles. The second-order valence-electron chi connectivity index (χ2n) is 3.90. The van der Waals surface area contributed by atoms with Gasteiger partial charge in [0.25, 0.3) is 5.91 Å². The highest BCUT2D eigenvalue weighted by Gasteiger charge is 2.47. The van der Waals surface area contributed by atoms with Gasteiger partial charge in [-0.3, -0.25) is 4.79 Å². The van der Waals surface area contributed by atoms with E-state index in [1.54, 1.807) is 0 Å². The molecule has 2 N–H and O–H groups in total. The van der Waals surface area contributed by atoms with Gasteiger partial charge in [0.2, 0.25) is 5.54 Å². The van der Waals surface area contributed by atoms with E-state index in [4.69, 9.17) is 5.73 Å². The first-order valence-corrected chi connectivity index (χ1v) is 5.23. The number of carbonyl (C=O) groups excluding carboxylic acids is 1. The molecule has 0 aromatic heterocycles. The zero-order valence-electron chi connectivity index (χ0n) is 8.66. The van der Waals surface area contributed by atoms with E-state index in [0.29, 0.717) is 19.3 Å². The second kappa shape index (κ2) is 4.44. The van der Waals surface area contributed by atoms with E-state index in [9.17, 15) is 10.0 Å². The normalized spacial score (nSPS) is 26.2. The Balaban J connectivity index is 2.64. The highest BCUT2D eigenvalue weighted by molar-refractivity contribution is 5.85. The molecule has 1 atom stereocenters. The van der Waals surface area contributed by atoms with Crippen molar-refractivity contribution in [2.45, 2.75) is 51.0 Å². The van der Waals surface area contributed by atoms with E-state index in [1.807, 2.05) is 0 Å². The molecule has 1 rings (SSSR count). The lowest BCUT2D eigenvalue weighted by Crippen LogP contribution is -2.48. The number of hydrogen-bond donors (Lipinski definition) is 1. The van der Waals surface area contributed by atoms with E-state index in [2.05, 4.69) is 6.92 Å². The minimum Gasteiger partial charge on any atom is -0.623 e. The van der Waals surface area contributed by atoms with Crippen LogP contribution in [0.5, 0.6) is 0 Å². The molecule has 1 amide bonds. The summed E-state index contributed by atoms with van der Waals surface area (Å²) in [4.78, 5) is 11.3. The first kappa shape index (κ1) is 11.0. The van der Waals surface area contributed by atoms with Crippen LogP contribution >= 0.6 is 0 Å². The maximum absolute atomic E-state index is 11.5. The number of rotatable bonds is 5. The van der Waals surface area contributed by atoms with Crippen LogP contribution in [0.3, 0.4) is 0 Å². The van der Waals surface area contributed by atoms with Gasteiger partial charge in [-0.15, -0.1) is 0 Å². The maximum Gasteiger partial charge on any atom is 0.290 e. The van der Waals surface area contributed by atoms with Crippen LogP contribution in [0.25, 0.3) is 0 Å². The summed E-state index contributed by atoms with van der Waals surface area (Å²) in [6.45, 7) is 2.09. The first-order valence-electron chi connectivity index (χ1n) is 5.23. The predicted molar refractivity (Wildman–Crippen MR) is 55.0 cm³/mol. The lowest BCUT2D eigenvalue weighted by molar-refractivity contribution is -0.520. The number of hydroxylamine groups is 1. The number of unbranched alkanes of at least 4 members (excludes halogenated alkanes) is 2. The maximum atomic E-state index is 11.5. The average molecular weight is 198 g/mol. The summed E-state index contributed by atoms with van der Waals surface area (Å²) in [7, 11) is 0. The summed E-state index contributed by atoms with van der Waals surface area (Å²) < 4.78 is 0.769. The first-order chi connectivity index (χ1) is 6.63. The molecular formula is C10H18N2O2. The van der Waals surface area contributed by atoms with Crippen molar-refractivity contribution in [2.24, 2.45) is 5.73 Å². The third-order valence-electron chi connectivity index (χ3n) is 2.93. The fourth-order valence-electron chi connectivity index (χ4n) is 1.96. The summed E-state index contributed by atoms with van der Waals surface area (Å²) in [6, 6.07) is 0. The standard InChI is InChI=1S/C10H18N2O2/c1-2-3-4-6-10(9(11)13)7-5-8-12(10)14/h8H,2-7H2,1H3,(H2,11,13). The third kappa shape index (κ3) is 1.89. The Hall–Kier alpha value is -1.06. The van der Waals surface area contributed by atoms with Gasteiger partial charge in [-0.25, -0.2) is 4.74 Å². The molecule has 0 aromatic rings. The molecule has 0 aromatic carbocycles. The molecular weight excluding hydrogens is 180 g/mol. The van der Waals surface area contributed by atoms with E-state index < -0.39 is 11.4 Å². The Bertz CT molecular complexity index is 251. The van der Waals surface area contributed by atoms with Crippen LogP contribution in [-0.2, 0) is 4.79 Å². The number of amides is 1. The Kier molecular flexibility index (Phi) is 3.49. The molecule has 0 bridgehead atoms. The minimum absolute atomic E-state index is 0.475. The van der Waals surface area contributed by atoms with Gasteiger partial charge >= 0.3 is 0 Å².